The van der Waals surface area contributed by atoms with Gasteiger partial charge in [-0.3, -0.25) is 52.7 Å². The Morgan fingerprint density at radius 3 is 1.31 bits per heavy atom. The molecule has 1 heterocycles. The van der Waals surface area contributed by atoms with Crippen LogP contribution in [0.3, 0.4) is 0 Å². The van der Waals surface area contributed by atoms with Gasteiger partial charge in [0.2, 0.25) is 65.0 Å². The van der Waals surface area contributed by atoms with Crippen molar-refractivity contribution in [3.8, 4) is 0 Å². The van der Waals surface area contributed by atoms with Gasteiger partial charge in [-0.15, -0.1) is 6.58 Å². The van der Waals surface area contributed by atoms with E-state index in [1.165, 1.54) is 104 Å². The topological polar surface area (TPSA) is 279 Å². The van der Waals surface area contributed by atoms with E-state index in [0.29, 0.717) is 12.2 Å². The Balaban J connectivity index is 4.50. The minimum atomic E-state index is -1.63. The highest BCUT2D eigenvalue weighted by Crippen LogP contribution is 2.26. The van der Waals surface area contributed by atoms with E-state index >= 15 is 24.0 Å². The molecule has 0 aromatic heterocycles. The summed E-state index contributed by atoms with van der Waals surface area (Å²) in [6.07, 6.45) is 4.60. The Morgan fingerprint density at radius 1 is 0.467 bits per heavy atom. The van der Waals surface area contributed by atoms with E-state index in [1.807, 2.05) is 61.5 Å². The average Bonchev–Trinajstić information content (AvgIpc) is 0.969. The second kappa shape index (κ2) is 38.1. The third-order valence-electron chi connectivity index (χ3n) is 16.9. The number of amides is 11. The quantitative estimate of drug-likeness (QED) is 0.0878. The SMILES string of the molecule is C=CCSC[C@@H]1C(=O)N(C)[C@@H](CC(C)C)C(=O)N[C@H](C(C)C)C(=O)N(C)[C@H](CC(C)C)C(=O)N[C@H](C)C(=O)N[C@@H](C)C(=O)N(C)[C@H](CC(C)C)C(=O)N(C)[C@H](CC(C)C)C(=O)N(C)[C@H](C(C)C)C(=O)N(C)[C@H]([C@H](O)[C@H](C)C/C=C/C)C(=O)N[C@H](CC)C(=O)N1C. The van der Waals surface area contributed by atoms with Crippen LogP contribution in [0.15, 0.2) is 24.8 Å². The second-order valence-corrected chi connectivity index (χ2v) is 28.2. The highest BCUT2D eigenvalue weighted by Gasteiger charge is 2.46. The molecule has 1 aliphatic rings. The molecule has 0 spiro atoms. The van der Waals surface area contributed by atoms with Gasteiger partial charge in [0.25, 0.3) is 0 Å². The van der Waals surface area contributed by atoms with Gasteiger partial charge in [0.1, 0.15) is 66.5 Å². The molecule has 0 bridgehead atoms. The summed E-state index contributed by atoms with van der Waals surface area (Å²) < 4.78 is 0. The predicted molar refractivity (Wildman–Crippen MR) is 355 cm³/mol. The number of carbonyl (C=O) groups is 11. The van der Waals surface area contributed by atoms with Crippen molar-refractivity contribution < 1.29 is 57.8 Å². The Hall–Kier alpha value is -6.04. The van der Waals surface area contributed by atoms with E-state index in [0.717, 1.165) is 4.90 Å². The monoisotopic (exact) mass is 1290 g/mol. The molecule has 23 nitrogen and oxygen atoms in total. The minimum Gasteiger partial charge on any atom is -0.390 e. The number of hydrogen-bond acceptors (Lipinski definition) is 13. The van der Waals surface area contributed by atoms with Crippen LogP contribution >= 0.6 is 11.8 Å². The predicted octanol–water partition coefficient (Wildman–Crippen LogP) is 4.56. The van der Waals surface area contributed by atoms with Crippen molar-refractivity contribution in [2.24, 2.45) is 41.4 Å². The Bertz CT molecular complexity index is 2470. The van der Waals surface area contributed by atoms with Gasteiger partial charge in [-0.2, -0.15) is 11.8 Å². The molecule has 0 aliphatic carbocycles. The van der Waals surface area contributed by atoms with Gasteiger partial charge in [0.05, 0.1) is 6.10 Å². The average molecular weight is 1290 g/mol. The van der Waals surface area contributed by atoms with Crippen molar-refractivity contribution >= 4 is 76.7 Å². The lowest BCUT2D eigenvalue weighted by atomic mass is 9.91. The van der Waals surface area contributed by atoms with Crippen molar-refractivity contribution in [3.05, 3.63) is 24.8 Å². The fourth-order valence-corrected chi connectivity index (χ4v) is 12.1. The number of thioether (sulfide) groups is 1. The summed E-state index contributed by atoms with van der Waals surface area (Å²) in [5.74, 6) is -9.41. The zero-order valence-corrected chi connectivity index (χ0v) is 59.9. The highest BCUT2D eigenvalue weighted by atomic mass is 32.2. The number of nitrogens with one attached hydrogen (secondary N) is 4. The fraction of sp³-hybridized carbons (Fsp3) is 0.773. The molecule has 0 radical (unpaired) electrons. The summed E-state index contributed by atoms with van der Waals surface area (Å²) in [4.78, 5) is 172. The summed E-state index contributed by atoms with van der Waals surface area (Å²) in [5.41, 5.74) is 0. The van der Waals surface area contributed by atoms with Gasteiger partial charge in [0.15, 0.2) is 0 Å². The van der Waals surface area contributed by atoms with Crippen LogP contribution in [0.4, 0.5) is 0 Å². The molecule has 1 aliphatic heterocycles. The molecule has 0 aromatic carbocycles. The molecule has 1 fully saturated rings. The zero-order chi connectivity index (χ0) is 69.7. The van der Waals surface area contributed by atoms with E-state index in [9.17, 15) is 33.9 Å². The number of aliphatic hydroxyl groups excluding tert-OH is 1. The Morgan fingerprint density at radius 2 is 0.867 bits per heavy atom. The fourth-order valence-electron chi connectivity index (χ4n) is 11.2. The van der Waals surface area contributed by atoms with E-state index in [4.69, 9.17) is 0 Å². The maximum atomic E-state index is 15.3. The molecule has 13 atom stereocenters. The first-order chi connectivity index (χ1) is 41.7. The Labute approximate surface area is 543 Å². The Kier molecular flexibility index (Phi) is 34.7. The lowest BCUT2D eigenvalue weighted by Gasteiger charge is -2.41. The number of allylic oxidation sites excluding steroid dienone is 2. The first kappa shape index (κ1) is 82.0. The number of aliphatic hydroxyl groups is 1. The molecular formula is C66H117N11O12S. The number of likely N-dealkylation sites (N-methyl/N-ethyl adjacent to an activating group) is 7. The largest absolute Gasteiger partial charge is 0.390 e. The van der Waals surface area contributed by atoms with Crippen molar-refractivity contribution in [1.82, 2.24) is 55.6 Å². The van der Waals surface area contributed by atoms with Crippen molar-refractivity contribution in [2.45, 2.75) is 229 Å². The maximum Gasteiger partial charge on any atom is 0.246 e. The molecule has 24 heteroatoms. The highest BCUT2D eigenvalue weighted by molar-refractivity contribution is 7.99. The lowest BCUT2D eigenvalue weighted by Crippen LogP contribution is -2.64. The van der Waals surface area contributed by atoms with Crippen LogP contribution < -0.4 is 21.3 Å². The summed E-state index contributed by atoms with van der Waals surface area (Å²) >= 11 is 1.31. The van der Waals surface area contributed by atoms with Gasteiger partial charge >= 0.3 is 0 Å². The number of carbonyl (C=O) groups excluding carboxylic acids is 11. The van der Waals surface area contributed by atoms with E-state index in [1.54, 1.807) is 60.6 Å². The molecule has 0 unspecified atom stereocenters. The van der Waals surface area contributed by atoms with Crippen LogP contribution in [0.2, 0.25) is 0 Å². The van der Waals surface area contributed by atoms with Gasteiger partial charge < -0.3 is 60.7 Å². The molecule has 514 valence electrons. The van der Waals surface area contributed by atoms with Gasteiger partial charge in [0, 0.05) is 60.8 Å². The lowest BCUT2D eigenvalue weighted by molar-refractivity contribution is -0.157. The first-order valence-corrected chi connectivity index (χ1v) is 33.4. The van der Waals surface area contributed by atoms with Crippen LogP contribution in [0.1, 0.15) is 156 Å². The van der Waals surface area contributed by atoms with Crippen LogP contribution in [0, 0.1) is 41.4 Å². The maximum absolute atomic E-state index is 15.3. The third-order valence-corrected chi connectivity index (χ3v) is 17.9. The molecule has 1 saturated heterocycles. The minimum absolute atomic E-state index is 0.00156. The van der Waals surface area contributed by atoms with Crippen LogP contribution in [-0.4, -0.2) is 238 Å². The standard InChI is InChI=1S/C66H117N11O12S/c1-26-29-30-43(16)55(78)54-59(82)69-46(28-3)61(84)75(23)51(36-90-31-27-2)64(87)71(19)48(33-38(6)7)58(81)70-52(41(12)13)65(88)72(20)47(32-37(4)5)57(80)67-44(17)56(79)68-45(18)60(83)73(21)49(34-39(8)9)62(85)74(22)50(35-40(10)11)63(86)76(24)53(42(14)15)66(89)77(54)25/h26-27,29,37-55,78H,2,28,30-36H2,1,3-25H3,(H,67,80)(H,68,79)(H,69,82)(H,70,81)/b29-26+/t43-,44-,45+,46-,47-,48+,49-,50-,51-,52-,53-,54-,55-/m1/s1. The van der Waals surface area contributed by atoms with Crippen molar-refractivity contribution in [2.75, 3.05) is 60.8 Å². The molecular weight excluding hydrogens is 1170 g/mol. The van der Waals surface area contributed by atoms with Crippen LogP contribution in [-0.2, 0) is 52.7 Å². The van der Waals surface area contributed by atoms with E-state index < -0.39 is 155 Å². The van der Waals surface area contributed by atoms with Gasteiger partial charge in [-0.05, 0) is 101 Å². The van der Waals surface area contributed by atoms with Gasteiger partial charge in [-0.25, -0.2) is 0 Å². The number of rotatable bonds is 19. The van der Waals surface area contributed by atoms with Crippen LogP contribution in [0.25, 0.3) is 0 Å². The molecule has 90 heavy (non-hydrogen) atoms. The first-order valence-electron chi connectivity index (χ1n) is 32.2. The van der Waals surface area contributed by atoms with Crippen LogP contribution in [0.5, 0.6) is 0 Å². The summed E-state index contributed by atoms with van der Waals surface area (Å²) in [6, 6.07) is -13.8. The molecule has 11 amide bonds. The third kappa shape index (κ3) is 23.0. The normalized spacial score (nSPS) is 26.9. The number of nitrogens with zero attached hydrogens (tertiary/aromatic N) is 7. The van der Waals surface area contributed by atoms with E-state index in [2.05, 4.69) is 27.8 Å². The summed E-state index contributed by atoms with van der Waals surface area (Å²) in [6.45, 7) is 33.8. The van der Waals surface area contributed by atoms with Gasteiger partial charge in [-0.1, -0.05) is 115 Å². The zero-order valence-electron chi connectivity index (χ0n) is 59.0. The van der Waals surface area contributed by atoms with Crippen molar-refractivity contribution in [1.29, 1.82) is 0 Å². The summed E-state index contributed by atoms with van der Waals surface area (Å²) in [5, 5.41) is 23.4. The smallest absolute Gasteiger partial charge is 0.246 e. The number of hydrogen-bond donors (Lipinski definition) is 5. The summed E-state index contributed by atoms with van der Waals surface area (Å²) in [7, 11) is 10.0. The molecule has 0 aromatic rings. The molecule has 5 N–H and O–H groups in total. The molecule has 0 saturated carbocycles. The van der Waals surface area contributed by atoms with Crippen molar-refractivity contribution in [3.63, 3.8) is 0 Å². The van der Waals surface area contributed by atoms with E-state index in [-0.39, 0.29) is 61.5 Å². The molecule has 1 rings (SSSR count). The second-order valence-electron chi connectivity index (χ2n) is 27.1.